The molecule has 12 heteroatoms. The van der Waals surface area contributed by atoms with Crippen molar-refractivity contribution in [1.82, 2.24) is 0 Å². The van der Waals surface area contributed by atoms with Gasteiger partial charge in [0.1, 0.15) is 60.9 Å². The van der Waals surface area contributed by atoms with Crippen LogP contribution < -0.4 is 28.4 Å². The lowest BCUT2D eigenvalue weighted by Crippen LogP contribution is -2.12. The summed E-state index contributed by atoms with van der Waals surface area (Å²) in [6, 6.07) is 47.5. The fourth-order valence-corrected chi connectivity index (χ4v) is 7.78. The number of carbonyl (C=O) groups excluding carboxylic acids is 4. The molecule has 0 aliphatic rings. The Morgan fingerprint density at radius 2 is 0.757 bits per heavy atom. The van der Waals surface area contributed by atoms with Crippen molar-refractivity contribution in [2.75, 3.05) is 40.6 Å². The smallest absolute Gasteiger partial charge is 0.343 e. The van der Waals surface area contributed by atoms with Crippen LogP contribution in [0.5, 0.6) is 34.5 Å². The average Bonchev–Trinajstić information content (AvgIpc) is 3.44. The minimum Gasteiger partial charge on any atom is -0.497 e. The van der Waals surface area contributed by atoms with Crippen LogP contribution in [0.25, 0.3) is 57.0 Å². The fourth-order valence-electron chi connectivity index (χ4n) is 7.78. The number of hydrogen-bond donors (Lipinski definition) is 0. The van der Waals surface area contributed by atoms with Crippen LogP contribution in [0.2, 0.25) is 0 Å². The molecule has 74 heavy (non-hydrogen) atoms. The molecule has 0 atom stereocenters. The normalized spacial score (nSPS) is 11.0. The molecule has 0 unspecified atom stereocenters. The van der Waals surface area contributed by atoms with Gasteiger partial charge in [-0.05, 0) is 141 Å². The Morgan fingerprint density at radius 3 is 1.12 bits per heavy atom. The molecule has 0 radical (unpaired) electrons. The first-order chi connectivity index (χ1) is 36.1. The Labute approximate surface area is 427 Å². The Morgan fingerprint density at radius 1 is 0.405 bits per heavy atom. The van der Waals surface area contributed by atoms with Crippen molar-refractivity contribution in [3.05, 3.63) is 216 Å². The van der Waals surface area contributed by atoms with Crippen molar-refractivity contribution >= 4 is 69.7 Å². The molecule has 0 amide bonds. The van der Waals surface area contributed by atoms with Gasteiger partial charge in [-0.3, -0.25) is 0 Å². The number of fused-ring (bicyclic) bond motifs is 2. The molecule has 8 rings (SSSR count). The summed E-state index contributed by atoms with van der Waals surface area (Å²) < 4.78 is 44.7. The molecule has 370 valence electrons. The third-order valence-electron chi connectivity index (χ3n) is 11.5. The fraction of sp³-hybridized carbons (Fsp3) is 0.0968. The topological polar surface area (TPSA) is 142 Å². The average molecular weight is 987 g/mol. The molecular formula is C62H50O12. The van der Waals surface area contributed by atoms with Gasteiger partial charge in [-0.1, -0.05) is 98.1 Å². The van der Waals surface area contributed by atoms with E-state index < -0.39 is 23.9 Å². The number of carbonyl (C=O) groups is 4. The molecular weight excluding hydrogens is 937 g/mol. The predicted octanol–water partition coefficient (Wildman–Crippen LogP) is 12.7. The van der Waals surface area contributed by atoms with Crippen molar-refractivity contribution in [2.45, 2.75) is 0 Å². The van der Waals surface area contributed by atoms with Crippen molar-refractivity contribution < 1.29 is 57.1 Å². The van der Waals surface area contributed by atoms with Crippen LogP contribution in [-0.4, -0.2) is 64.5 Å². The van der Waals surface area contributed by atoms with E-state index in [1.165, 1.54) is 0 Å². The van der Waals surface area contributed by atoms with E-state index in [0.717, 1.165) is 56.7 Å². The summed E-state index contributed by atoms with van der Waals surface area (Å²) in [7, 11) is 3.25. The Hall–Kier alpha value is -9.68. The van der Waals surface area contributed by atoms with Crippen LogP contribution in [0.4, 0.5) is 0 Å². The van der Waals surface area contributed by atoms with Crippen LogP contribution in [0.1, 0.15) is 43.0 Å². The molecule has 0 aromatic heterocycles. The van der Waals surface area contributed by atoms with E-state index in [9.17, 15) is 19.2 Å². The predicted molar refractivity (Wildman–Crippen MR) is 287 cm³/mol. The summed E-state index contributed by atoms with van der Waals surface area (Å²) in [6.07, 6.45) is 10.2. The molecule has 0 saturated carbocycles. The van der Waals surface area contributed by atoms with Crippen molar-refractivity contribution in [3.63, 3.8) is 0 Å². The van der Waals surface area contributed by atoms with Gasteiger partial charge < -0.3 is 37.9 Å². The van der Waals surface area contributed by atoms with E-state index in [0.29, 0.717) is 33.4 Å². The van der Waals surface area contributed by atoms with Gasteiger partial charge >= 0.3 is 23.9 Å². The summed E-state index contributed by atoms with van der Waals surface area (Å²) in [5, 5.41) is 3.07. The largest absolute Gasteiger partial charge is 0.497 e. The first-order valence-corrected chi connectivity index (χ1v) is 23.4. The minimum atomic E-state index is -0.651. The Kier molecular flexibility index (Phi) is 16.7. The molecule has 0 fully saturated rings. The molecule has 0 aliphatic carbocycles. The summed E-state index contributed by atoms with van der Waals surface area (Å²) >= 11 is 0. The van der Waals surface area contributed by atoms with Crippen LogP contribution in [0, 0.1) is 0 Å². The first-order valence-electron chi connectivity index (χ1n) is 23.4. The van der Waals surface area contributed by atoms with E-state index in [2.05, 4.69) is 13.2 Å². The molecule has 0 N–H and O–H groups in total. The molecule has 0 saturated heterocycles. The van der Waals surface area contributed by atoms with Crippen LogP contribution in [-0.2, 0) is 19.1 Å². The maximum absolute atomic E-state index is 14.2. The van der Waals surface area contributed by atoms with Crippen molar-refractivity contribution in [2.24, 2.45) is 0 Å². The Bertz CT molecular complexity index is 3160. The molecule has 0 bridgehead atoms. The maximum atomic E-state index is 14.2. The zero-order valence-corrected chi connectivity index (χ0v) is 40.6. The monoisotopic (exact) mass is 986 g/mol. The lowest BCUT2D eigenvalue weighted by atomic mass is 9.91. The third-order valence-corrected chi connectivity index (χ3v) is 11.5. The highest BCUT2D eigenvalue weighted by Gasteiger charge is 2.24. The molecule has 0 aliphatic heterocycles. The van der Waals surface area contributed by atoms with Gasteiger partial charge in [0.15, 0.2) is 0 Å². The Balaban J connectivity index is 1.20. The summed E-state index contributed by atoms with van der Waals surface area (Å²) in [5.74, 6) is 0.424. The van der Waals surface area contributed by atoms with Crippen LogP contribution in [0.15, 0.2) is 183 Å². The number of esters is 4. The standard InChI is InChI=1S/C62H50O12/c1-5-57(63)71-37-35-69-51-27-17-45(18-28-51)61(65)73-55-33-21-47-39-43(9-7-41-11-23-49(67-3)24-12-41)15-31-53(47)59(55)60-54-32-16-44(10-8-42-13-25-50(68-4)26-14-42)40-48(54)22-34-56(60)74-62(66)46-19-29-52(30-20-46)70-36-38-72-58(64)6-2/h5-34,39-40H,1-2,35-38H2,3-4H3/b9-7-,10-8-. The van der Waals surface area contributed by atoms with Gasteiger partial charge in [-0.15, -0.1) is 0 Å². The number of hydrogen-bond acceptors (Lipinski definition) is 12. The zero-order valence-electron chi connectivity index (χ0n) is 40.6. The highest BCUT2D eigenvalue weighted by molar-refractivity contribution is 6.12. The highest BCUT2D eigenvalue weighted by atomic mass is 16.6. The molecule has 8 aromatic carbocycles. The van der Waals surface area contributed by atoms with E-state index >= 15 is 0 Å². The summed E-state index contributed by atoms with van der Waals surface area (Å²) in [6.45, 7) is 7.01. The number of methoxy groups -OCH3 is 2. The lowest BCUT2D eigenvalue weighted by Gasteiger charge is -2.19. The maximum Gasteiger partial charge on any atom is 0.343 e. The summed E-state index contributed by atoms with van der Waals surface area (Å²) in [5.41, 5.74) is 5.28. The molecule has 12 nitrogen and oxygen atoms in total. The van der Waals surface area contributed by atoms with Crippen LogP contribution >= 0.6 is 0 Å². The van der Waals surface area contributed by atoms with Crippen molar-refractivity contribution in [3.8, 4) is 45.6 Å². The SMILES string of the molecule is C=CC(=O)OCCOc1ccc(C(=O)Oc2ccc3cc(/C=C\c4ccc(OC)cc4)ccc3c2-c2c(OC(=O)c3ccc(OCCOC(=O)C=C)cc3)ccc3cc(/C=C\c4ccc(OC)cc4)ccc23)cc1. The van der Waals surface area contributed by atoms with Gasteiger partial charge in [-0.25, -0.2) is 19.2 Å². The zero-order chi connectivity index (χ0) is 51.8. The van der Waals surface area contributed by atoms with Gasteiger partial charge in [0.2, 0.25) is 0 Å². The highest BCUT2D eigenvalue weighted by Crippen LogP contribution is 2.46. The number of benzene rings is 8. The quantitative estimate of drug-likeness (QED) is 0.0222. The summed E-state index contributed by atoms with van der Waals surface area (Å²) in [4.78, 5) is 51.2. The second-order valence-electron chi connectivity index (χ2n) is 16.3. The van der Waals surface area contributed by atoms with Gasteiger partial charge in [-0.2, -0.15) is 0 Å². The van der Waals surface area contributed by atoms with Gasteiger partial charge in [0, 0.05) is 23.3 Å². The molecule has 8 aromatic rings. The first kappa shape index (κ1) is 50.7. The molecule has 0 spiro atoms. The van der Waals surface area contributed by atoms with Crippen molar-refractivity contribution in [1.29, 1.82) is 0 Å². The van der Waals surface area contributed by atoms with Gasteiger partial charge in [0.05, 0.1) is 25.3 Å². The van der Waals surface area contributed by atoms with E-state index in [4.69, 9.17) is 37.9 Å². The van der Waals surface area contributed by atoms with Crippen LogP contribution in [0.3, 0.4) is 0 Å². The van der Waals surface area contributed by atoms with Gasteiger partial charge in [0.25, 0.3) is 0 Å². The van der Waals surface area contributed by atoms with E-state index in [1.54, 1.807) is 74.9 Å². The number of ether oxygens (including phenoxy) is 8. The second kappa shape index (κ2) is 24.4. The lowest BCUT2D eigenvalue weighted by molar-refractivity contribution is -0.139. The third kappa shape index (κ3) is 13.0. The van der Waals surface area contributed by atoms with E-state index in [-0.39, 0.29) is 49.1 Å². The van der Waals surface area contributed by atoms with E-state index in [1.807, 2.05) is 121 Å². The second-order valence-corrected chi connectivity index (χ2v) is 16.3. The minimum absolute atomic E-state index is 0.0201. The molecule has 0 heterocycles. The number of rotatable bonds is 21.